The molecule has 1 saturated heterocycles. The van der Waals surface area contributed by atoms with Crippen LogP contribution in [0.15, 0.2) is 0 Å². The first-order chi connectivity index (χ1) is 8.99. The van der Waals surface area contributed by atoms with E-state index in [1.165, 1.54) is 0 Å². The Balaban J connectivity index is 2.34. The molecule has 19 heavy (non-hydrogen) atoms. The van der Waals surface area contributed by atoms with Crippen LogP contribution in [0.25, 0.3) is 0 Å². The molecule has 1 aliphatic rings. The van der Waals surface area contributed by atoms with Gasteiger partial charge in [0.2, 0.25) is 0 Å². The average molecular weight is 288 g/mol. The average Bonchev–Trinajstić information content (AvgIpc) is 2.38. The van der Waals surface area contributed by atoms with E-state index in [9.17, 15) is 14.7 Å². The van der Waals surface area contributed by atoms with Crippen molar-refractivity contribution >= 4 is 23.8 Å². The van der Waals surface area contributed by atoms with Crippen LogP contribution in [-0.4, -0.2) is 53.1 Å². The maximum absolute atomic E-state index is 12.0. The van der Waals surface area contributed by atoms with Crippen LogP contribution in [0, 0.1) is 5.41 Å². The molecule has 1 aliphatic heterocycles. The lowest BCUT2D eigenvalue weighted by Gasteiger charge is -2.37. The number of urea groups is 1. The van der Waals surface area contributed by atoms with Gasteiger partial charge in [0.15, 0.2) is 0 Å². The van der Waals surface area contributed by atoms with E-state index >= 15 is 0 Å². The predicted molar refractivity (Wildman–Crippen MR) is 77.6 cm³/mol. The van der Waals surface area contributed by atoms with Gasteiger partial charge in [-0.15, -0.1) is 0 Å². The van der Waals surface area contributed by atoms with Gasteiger partial charge in [0.1, 0.15) is 0 Å². The van der Waals surface area contributed by atoms with Crippen molar-refractivity contribution in [1.29, 1.82) is 0 Å². The summed E-state index contributed by atoms with van der Waals surface area (Å²) in [6.07, 6.45) is 2.34. The van der Waals surface area contributed by atoms with Crippen LogP contribution in [0.5, 0.6) is 0 Å². The van der Waals surface area contributed by atoms with Crippen molar-refractivity contribution in [3.63, 3.8) is 0 Å². The molecule has 0 aromatic carbocycles. The summed E-state index contributed by atoms with van der Waals surface area (Å²) >= 11 is 1.86. The van der Waals surface area contributed by atoms with E-state index in [0.29, 0.717) is 26.1 Å². The molecule has 110 valence electrons. The first-order valence-electron chi connectivity index (χ1n) is 6.83. The molecule has 1 fully saturated rings. The molecule has 2 N–H and O–H groups in total. The molecule has 0 aliphatic carbocycles. The summed E-state index contributed by atoms with van der Waals surface area (Å²) in [4.78, 5) is 24.8. The number of carbonyl (C=O) groups is 2. The zero-order valence-electron chi connectivity index (χ0n) is 11.8. The minimum atomic E-state index is -0.815. The van der Waals surface area contributed by atoms with E-state index in [2.05, 4.69) is 12.2 Å². The molecular formula is C13H24N2O3S. The normalized spacial score (nSPS) is 23.2. The Bertz CT molecular complexity index is 325. The third-order valence-electron chi connectivity index (χ3n) is 3.45. The second-order valence-corrected chi connectivity index (χ2v) is 6.57. The Kier molecular flexibility index (Phi) is 6.48. The molecule has 2 amide bonds. The van der Waals surface area contributed by atoms with Crippen LogP contribution < -0.4 is 5.32 Å². The van der Waals surface area contributed by atoms with Gasteiger partial charge in [-0.05, 0) is 37.7 Å². The number of carboxylic acid groups (broad SMARTS) is 1. The second-order valence-electron chi connectivity index (χ2n) is 5.17. The summed E-state index contributed by atoms with van der Waals surface area (Å²) in [7, 11) is 0. The Morgan fingerprint density at radius 3 is 2.84 bits per heavy atom. The fourth-order valence-electron chi connectivity index (χ4n) is 2.21. The molecule has 0 aromatic rings. The minimum absolute atomic E-state index is 0.131. The largest absolute Gasteiger partial charge is 0.481 e. The number of nitrogens with zero attached hydrogens (tertiary/aromatic N) is 1. The van der Waals surface area contributed by atoms with Crippen molar-refractivity contribution in [2.75, 3.05) is 31.1 Å². The summed E-state index contributed by atoms with van der Waals surface area (Å²) in [5, 5.41) is 12.1. The van der Waals surface area contributed by atoms with E-state index in [4.69, 9.17) is 0 Å². The first kappa shape index (κ1) is 16.1. The zero-order valence-corrected chi connectivity index (χ0v) is 12.6. The van der Waals surface area contributed by atoms with Gasteiger partial charge in [0.25, 0.3) is 0 Å². The van der Waals surface area contributed by atoms with Crippen LogP contribution in [0.4, 0.5) is 4.79 Å². The first-order valence-corrected chi connectivity index (χ1v) is 7.99. The molecular weight excluding hydrogens is 264 g/mol. The Morgan fingerprint density at radius 1 is 1.47 bits per heavy atom. The summed E-state index contributed by atoms with van der Waals surface area (Å²) < 4.78 is 0. The van der Waals surface area contributed by atoms with E-state index in [1.54, 1.807) is 11.8 Å². The van der Waals surface area contributed by atoms with Crippen molar-refractivity contribution < 1.29 is 14.7 Å². The van der Waals surface area contributed by atoms with E-state index in [1.807, 2.05) is 11.8 Å². The zero-order chi connectivity index (χ0) is 14.3. The lowest BCUT2D eigenvalue weighted by Crippen LogP contribution is -2.51. The Hall–Kier alpha value is -0.910. The number of nitrogens with one attached hydrogen (secondary N) is 1. The highest BCUT2D eigenvalue weighted by Crippen LogP contribution is 2.29. The van der Waals surface area contributed by atoms with Gasteiger partial charge in [-0.3, -0.25) is 4.79 Å². The Labute approximate surface area is 119 Å². The fourth-order valence-corrected chi connectivity index (χ4v) is 2.85. The van der Waals surface area contributed by atoms with Gasteiger partial charge < -0.3 is 15.3 Å². The molecule has 1 rings (SSSR count). The molecule has 0 saturated carbocycles. The summed E-state index contributed by atoms with van der Waals surface area (Å²) in [5.41, 5.74) is -0.798. The fraction of sp³-hybridized carbons (Fsp3) is 0.846. The summed E-state index contributed by atoms with van der Waals surface area (Å²) in [6, 6.07) is -0.131. The SMILES string of the molecule is CCSCCCNC(=O)N1CCCC(C)(C(=O)O)C1. The number of hydrogen-bond donors (Lipinski definition) is 2. The van der Waals surface area contributed by atoms with E-state index in [0.717, 1.165) is 24.3 Å². The van der Waals surface area contributed by atoms with Gasteiger partial charge in [0.05, 0.1) is 5.41 Å². The van der Waals surface area contributed by atoms with E-state index in [-0.39, 0.29) is 6.03 Å². The molecule has 5 nitrogen and oxygen atoms in total. The molecule has 0 aromatic heterocycles. The number of likely N-dealkylation sites (tertiary alicyclic amines) is 1. The minimum Gasteiger partial charge on any atom is -0.481 e. The molecule has 1 atom stereocenters. The standard InChI is InChI=1S/C13H24N2O3S/c1-3-19-9-5-7-14-12(18)15-8-4-6-13(2,10-15)11(16)17/h3-10H2,1-2H3,(H,14,18)(H,16,17). The monoisotopic (exact) mass is 288 g/mol. The van der Waals surface area contributed by atoms with Crippen LogP contribution in [0.2, 0.25) is 0 Å². The predicted octanol–water partition coefficient (Wildman–Crippen LogP) is 2.03. The van der Waals surface area contributed by atoms with Crippen LogP contribution in [-0.2, 0) is 4.79 Å². The highest BCUT2D eigenvalue weighted by atomic mass is 32.2. The van der Waals surface area contributed by atoms with Crippen molar-refractivity contribution in [2.45, 2.75) is 33.1 Å². The number of aliphatic carboxylic acids is 1. The van der Waals surface area contributed by atoms with Gasteiger partial charge in [0, 0.05) is 19.6 Å². The Morgan fingerprint density at radius 2 is 2.21 bits per heavy atom. The number of rotatable bonds is 6. The third-order valence-corrected chi connectivity index (χ3v) is 4.43. The van der Waals surface area contributed by atoms with Gasteiger partial charge >= 0.3 is 12.0 Å². The van der Waals surface area contributed by atoms with Crippen LogP contribution >= 0.6 is 11.8 Å². The number of amides is 2. The second kappa shape index (κ2) is 7.62. The maximum Gasteiger partial charge on any atom is 0.317 e. The molecule has 1 heterocycles. The van der Waals surface area contributed by atoms with Gasteiger partial charge in [-0.25, -0.2) is 4.79 Å². The van der Waals surface area contributed by atoms with Crippen molar-refractivity contribution in [1.82, 2.24) is 10.2 Å². The molecule has 6 heteroatoms. The van der Waals surface area contributed by atoms with E-state index < -0.39 is 11.4 Å². The highest BCUT2D eigenvalue weighted by Gasteiger charge is 2.39. The highest BCUT2D eigenvalue weighted by molar-refractivity contribution is 7.99. The van der Waals surface area contributed by atoms with Gasteiger partial charge in [-0.1, -0.05) is 6.92 Å². The number of thioether (sulfide) groups is 1. The maximum atomic E-state index is 12.0. The molecule has 0 radical (unpaired) electrons. The third kappa shape index (κ3) is 4.93. The number of carboxylic acids is 1. The summed E-state index contributed by atoms with van der Waals surface area (Å²) in [6.45, 7) is 5.44. The lowest BCUT2D eigenvalue weighted by molar-refractivity contribution is -0.150. The van der Waals surface area contributed by atoms with Crippen LogP contribution in [0.1, 0.15) is 33.1 Å². The number of piperidine rings is 1. The lowest BCUT2D eigenvalue weighted by atomic mass is 9.82. The molecule has 1 unspecified atom stereocenters. The number of carbonyl (C=O) groups excluding carboxylic acids is 1. The molecule has 0 bridgehead atoms. The topological polar surface area (TPSA) is 69.6 Å². The summed E-state index contributed by atoms with van der Waals surface area (Å²) in [5.74, 6) is 1.32. The van der Waals surface area contributed by atoms with Crippen molar-refractivity contribution in [3.05, 3.63) is 0 Å². The van der Waals surface area contributed by atoms with Crippen molar-refractivity contribution in [3.8, 4) is 0 Å². The van der Waals surface area contributed by atoms with Gasteiger partial charge in [-0.2, -0.15) is 11.8 Å². The molecule has 0 spiro atoms. The van der Waals surface area contributed by atoms with Crippen molar-refractivity contribution in [2.24, 2.45) is 5.41 Å². The van der Waals surface area contributed by atoms with Crippen LogP contribution in [0.3, 0.4) is 0 Å². The smallest absolute Gasteiger partial charge is 0.317 e. The quantitative estimate of drug-likeness (QED) is 0.734. The number of hydrogen-bond acceptors (Lipinski definition) is 3.